The van der Waals surface area contributed by atoms with Crippen molar-refractivity contribution in [2.24, 2.45) is 40.4 Å². The fourth-order valence-corrected chi connectivity index (χ4v) is 9.33. The summed E-state index contributed by atoms with van der Waals surface area (Å²) in [4.78, 5) is 14.8. The van der Waals surface area contributed by atoms with E-state index >= 15 is 0 Å². The first-order valence-corrected chi connectivity index (χ1v) is 14.1. The van der Waals surface area contributed by atoms with Crippen LogP contribution in [0.15, 0.2) is 0 Å². The molecule has 188 valence electrons. The highest BCUT2D eigenvalue weighted by atomic mass is 16.5. The molecule has 4 saturated carbocycles. The molecule has 5 aliphatic rings. The molecular formula is C28H47NO4. The second kappa shape index (κ2) is 9.78. The van der Waals surface area contributed by atoms with Crippen LogP contribution in [0, 0.1) is 40.4 Å². The topological polar surface area (TPSA) is 59.0 Å². The Kier molecular flexibility index (Phi) is 7.13. The number of aliphatic hydroxyl groups excluding tert-OH is 1. The van der Waals surface area contributed by atoms with Crippen LogP contribution in [0.3, 0.4) is 0 Å². The molecule has 0 aromatic carbocycles. The van der Waals surface area contributed by atoms with Crippen LogP contribution in [0.4, 0.5) is 0 Å². The van der Waals surface area contributed by atoms with Gasteiger partial charge in [-0.3, -0.25) is 9.69 Å². The van der Waals surface area contributed by atoms with E-state index in [1.807, 2.05) is 0 Å². The number of hydrogen-bond donors (Lipinski definition) is 1. The van der Waals surface area contributed by atoms with E-state index in [9.17, 15) is 9.90 Å². The largest absolute Gasteiger partial charge is 0.464 e. The van der Waals surface area contributed by atoms with E-state index < -0.39 is 0 Å². The Morgan fingerprint density at radius 1 is 1.06 bits per heavy atom. The van der Waals surface area contributed by atoms with E-state index in [-0.39, 0.29) is 17.5 Å². The summed E-state index contributed by atoms with van der Waals surface area (Å²) in [5.74, 6) is 3.38. The van der Waals surface area contributed by atoms with Crippen molar-refractivity contribution in [3.63, 3.8) is 0 Å². The zero-order valence-electron chi connectivity index (χ0n) is 21.1. The predicted molar refractivity (Wildman–Crippen MR) is 129 cm³/mol. The lowest BCUT2D eigenvalue weighted by molar-refractivity contribution is -0.165. The number of morpholine rings is 1. The van der Waals surface area contributed by atoms with Crippen molar-refractivity contribution in [1.29, 1.82) is 0 Å². The van der Waals surface area contributed by atoms with Gasteiger partial charge in [-0.1, -0.05) is 26.7 Å². The number of hydrogen-bond acceptors (Lipinski definition) is 5. The number of ether oxygens (including phenoxy) is 2. The molecule has 1 unspecified atom stereocenters. The fraction of sp³-hybridized carbons (Fsp3) is 0.964. The first-order chi connectivity index (χ1) is 15.9. The molecule has 5 heteroatoms. The average Bonchev–Trinajstić information content (AvgIpc) is 3.16. The van der Waals surface area contributed by atoms with Gasteiger partial charge in [0.1, 0.15) is 6.61 Å². The molecule has 0 spiro atoms. The normalized spacial score (nSPS) is 45.7. The summed E-state index contributed by atoms with van der Waals surface area (Å²) in [5, 5.41) is 11.6. The number of esters is 1. The molecule has 0 aromatic heterocycles. The average molecular weight is 462 g/mol. The van der Waals surface area contributed by atoms with Crippen molar-refractivity contribution < 1.29 is 19.4 Å². The van der Waals surface area contributed by atoms with Crippen molar-refractivity contribution in [2.45, 2.75) is 90.6 Å². The first kappa shape index (κ1) is 24.1. The number of nitrogens with zero attached hydrogens (tertiary/aromatic N) is 1. The van der Waals surface area contributed by atoms with Gasteiger partial charge in [0.2, 0.25) is 0 Å². The molecule has 8 atom stereocenters. The minimum absolute atomic E-state index is 0.0207. The molecule has 0 radical (unpaired) electrons. The second-order valence-electron chi connectivity index (χ2n) is 12.5. The molecule has 0 bridgehead atoms. The summed E-state index contributed by atoms with van der Waals surface area (Å²) in [6.45, 7) is 9.64. The summed E-state index contributed by atoms with van der Waals surface area (Å²) in [7, 11) is 0. The van der Waals surface area contributed by atoms with E-state index in [2.05, 4.69) is 18.7 Å². The zero-order valence-corrected chi connectivity index (χ0v) is 21.1. The molecule has 4 aliphatic carbocycles. The van der Waals surface area contributed by atoms with Crippen LogP contribution in [-0.4, -0.2) is 61.5 Å². The van der Waals surface area contributed by atoms with Gasteiger partial charge in [0.05, 0.1) is 19.3 Å². The highest BCUT2D eigenvalue weighted by Gasteiger charge is 2.62. The maximum absolute atomic E-state index is 12.5. The molecular weight excluding hydrogens is 414 g/mol. The van der Waals surface area contributed by atoms with E-state index in [0.29, 0.717) is 36.2 Å². The van der Waals surface area contributed by atoms with Gasteiger partial charge in [-0.15, -0.1) is 0 Å². The molecule has 5 rings (SSSR count). The molecule has 1 N–H and O–H groups in total. The third-order valence-electron chi connectivity index (χ3n) is 11.4. The highest BCUT2D eigenvalue weighted by molar-refractivity contribution is 5.69. The lowest BCUT2D eigenvalue weighted by atomic mass is 9.44. The molecule has 1 aliphatic heterocycles. The van der Waals surface area contributed by atoms with Gasteiger partial charge in [0.15, 0.2) is 0 Å². The summed E-state index contributed by atoms with van der Waals surface area (Å²) in [5.41, 5.74) is 0.430. The van der Waals surface area contributed by atoms with Gasteiger partial charge in [0.25, 0.3) is 0 Å². The molecule has 1 heterocycles. The van der Waals surface area contributed by atoms with E-state index in [4.69, 9.17) is 9.47 Å². The Bertz CT molecular complexity index is 693. The quantitative estimate of drug-likeness (QED) is 0.583. The van der Waals surface area contributed by atoms with E-state index in [1.54, 1.807) is 0 Å². The molecule has 0 aromatic rings. The van der Waals surface area contributed by atoms with Crippen molar-refractivity contribution >= 4 is 5.97 Å². The minimum atomic E-state index is -0.217. The molecule has 0 amide bonds. The Hall–Kier alpha value is -0.650. The molecule has 1 saturated heterocycles. The summed E-state index contributed by atoms with van der Waals surface area (Å²) in [6, 6.07) is 0. The predicted octanol–water partition coefficient (Wildman–Crippen LogP) is 4.66. The number of fused-ring (bicyclic) bond motifs is 5. The van der Waals surface area contributed by atoms with Crippen LogP contribution in [0.5, 0.6) is 0 Å². The van der Waals surface area contributed by atoms with Gasteiger partial charge in [-0.05, 0) is 91.8 Å². The van der Waals surface area contributed by atoms with Crippen LogP contribution >= 0.6 is 0 Å². The van der Waals surface area contributed by atoms with Gasteiger partial charge in [-0.25, -0.2) is 0 Å². The standard InChI is InChI=1S/C28H47NO4/c1-27-12-4-3-5-20(27)6-9-22-23-10-7-21(28(23,2)25(30)19-24(22)27)8-11-26(31)33-18-15-29-13-16-32-17-14-29/h20-25,30H,3-19H2,1-2H3/t20-,21?,22-,23-,24-,25-,27-,28+/m0/s1. The Balaban J connectivity index is 1.16. The van der Waals surface area contributed by atoms with Crippen LogP contribution < -0.4 is 0 Å². The van der Waals surface area contributed by atoms with Crippen molar-refractivity contribution in [2.75, 3.05) is 39.5 Å². The summed E-state index contributed by atoms with van der Waals surface area (Å²) >= 11 is 0. The maximum atomic E-state index is 12.5. The van der Waals surface area contributed by atoms with E-state index in [0.717, 1.165) is 57.5 Å². The number of carbonyl (C=O) groups is 1. The first-order valence-electron chi connectivity index (χ1n) is 14.1. The monoisotopic (exact) mass is 461 g/mol. The van der Waals surface area contributed by atoms with Crippen LogP contribution in [0.1, 0.15) is 84.5 Å². The molecule has 5 fully saturated rings. The lowest BCUT2D eigenvalue weighted by Crippen LogP contribution is -2.57. The third-order valence-corrected chi connectivity index (χ3v) is 11.4. The van der Waals surface area contributed by atoms with Crippen molar-refractivity contribution in [1.82, 2.24) is 4.90 Å². The second-order valence-corrected chi connectivity index (χ2v) is 12.5. The SMILES string of the molecule is C[C@]12CCCC[C@H]1CC[C@@H]1[C@@H]2C[C@H](O)[C@]2(C)C(CCC(=O)OCCN3CCOCC3)CC[C@@H]12. The number of carbonyl (C=O) groups excluding carboxylic acids is 1. The molecule has 5 nitrogen and oxygen atoms in total. The smallest absolute Gasteiger partial charge is 0.305 e. The maximum Gasteiger partial charge on any atom is 0.305 e. The fourth-order valence-electron chi connectivity index (χ4n) is 9.33. The zero-order chi connectivity index (χ0) is 23.1. The number of aliphatic hydroxyl groups is 1. The summed E-state index contributed by atoms with van der Waals surface area (Å²) < 4.78 is 11.0. The highest BCUT2D eigenvalue weighted by Crippen LogP contribution is 2.67. The van der Waals surface area contributed by atoms with Crippen LogP contribution in [-0.2, 0) is 14.3 Å². The van der Waals surface area contributed by atoms with Gasteiger partial charge >= 0.3 is 5.97 Å². The van der Waals surface area contributed by atoms with Crippen LogP contribution in [0.2, 0.25) is 0 Å². The Labute approximate surface area is 201 Å². The van der Waals surface area contributed by atoms with Gasteiger partial charge in [0, 0.05) is 26.1 Å². The Morgan fingerprint density at radius 2 is 1.88 bits per heavy atom. The summed E-state index contributed by atoms with van der Waals surface area (Å²) in [6.07, 6.45) is 12.9. The minimum Gasteiger partial charge on any atom is -0.464 e. The van der Waals surface area contributed by atoms with Gasteiger partial charge in [-0.2, -0.15) is 0 Å². The Morgan fingerprint density at radius 3 is 2.70 bits per heavy atom. The third kappa shape index (κ3) is 4.40. The number of rotatable bonds is 6. The van der Waals surface area contributed by atoms with Crippen LogP contribution in [0.25, 0.3) is 0 Å². The van der Waals surface area contributed by atoms with E-state index in [1.165, 1.54) is 51.4 Å². The van der Waals surface area contributed by atoms with Gasteiger partial charge < -0.3 is 14.6 Å². The lowest BCUT2D eigenvalue weighted by Gasteiger charge is -2.62. The molecule has 33 heavy (non-hydrogen) atoms. The van der Waals surface area contributed by atoms with Crippen molar-refractivity contribution in [3.05, 3.63) is 0 Å². The van der Waals surface area contributed by atoms with Crippen molar-refractivity contribution in [3.8, 4) is 0 Å².